The molecule has 0 fully saturated rings. The zero-order valence-corrected chi connectivity index (χ0v) is 43.6. The molecule has 2 atom stereocenters. The Labute approximate surface area is 428 Å². The Bertz CT molecular complexity index is 1820. The third kappa shape index (κ3) is 48.6. The molecule has 2 unspecified atom stereocenters. The number of carbonyl (C=O) groups excluding carboxylic acids is 5. The molecule has 10 N–H and O–H groups in total. The summed E-state index contributed by atoms with van der Waals surface area (Å²) in [5.41, 5.74) is 6.45. The fourth-order valence-electron chi connectivity index (χ4n) is 3.58. The van der Waals surface area contributed by atoms with Crippen molar-refractivity contribution in [3.8, 4) is 11.9 Å². The second-order valence-corrected chi connectivity index (χ2v) is 11.9. The topological polar surface area (TPSA) is 320 Å². The molecule has 0 bridgehead atoms. The predicted molar refractivity (Wildman–Crippen MR) is 256 cm³/mol. The number of halogens is 11. The summed E-state index contributed by atoms with van der Waals surface area (Å²) in [5, 5.41) is 40.3. The molecule has 2 aliphatic rings. The Balaban J connectivity index is -0.0000000812. The molecule has 0 aliphatic carbocycles. The molecule has 0 radical (unpaired) electrons. The van der Waals surface area contributed by atoms with Crippen molar-refractivity contribution >= 4 is 62.1 Å². The fraction of sp³-hybridized carbons (Fsp3) is 0.500. The number of fused-ring (bicyclic) bond motifs is 2. The molecular weight excluding hydrogens is 1070 g/mol. The van der Waals surface area contributed by atoms with Crippen molar-refractivity contribution in [2.24, 2.45) is 10.6 Å². The number of aliphatic hydroxyl groups is 4. The Kier molecular flexibility index (Phi) is 65.2. The van der Waals surface area contributed by atoms with Crippen LogP contribution in [0.15, 0.2) is 53.4 Å². The number of alkyl halides is 9. The van der Waals surface area contributed by atoms with Gasteiger partial charge in [-0.3, -0.25) is 52.8 Å². The summed E-state index contributed by atoms with van der Waals surface area (Å²) < 4.78 is 158. The number of amides is 4. The normalized spacial score (nSPS) is 11.5. The van der Waals surface area contributed by atoms with Gasteiger partial charge in [-0.2, -0.15) is 39.5 Å². The summed E-state index contributed by atoms with van der Waals surface area (Å²) in [6.45, 7) is -1.49. The van der Waals surface area contributed by atoms with Crippen LogP contribution in [0, 0.1) is 11.9 Å². The SMILES string of the molecule is CN.CN(C)CC(O)C(F)(F)F.CN1C(=O)c2ccccc2C1=O.CN=BOC.CNC.CNCC(=O)C(F)(F)F.CNCC(O)C(F)(F)F.CO.O=BC#CO.O=C1NC(=O)c2ccccc21.O=P.O=P.[3H]F.[3H]F. The molecule has 2 aromatic carbocycles. The smallest absolute Gasteiger partial charge is 0.269 e. The average molecular weight is 1140 g/mol. The van der Waals surface area contributed by atoms with E-state index >= 15 is 0 Å². The zero-order valence-electron chi connectivity index (χ0n) is 43.6. The fourth-order valence-corrected chi connectivity index (χ4v) is 3.58. The molecule has 0 aromatic heterocycles. The Morgan fingerprint density at radius 3 is 1.31 bits per heavy atom. The van der Waals surface area contributed by atoms with Gasteiger partial charge in [-0.25, -0.2) is 0 Å². The van der Waals surface area contributed by atoms with Crippen LogP contribution < -0.4 is 27.0 Å². The quantitative estimate of drug-likeness (QED) is 0.0630. The second-order valence-electron chi connectivity index (χ2n) is 11.9. The van der Waals surface area contributed by atoms with Gasteiger partial charge in [0.2, 0.25) is 5.78 Å². The molecule has 426 valence electrons. The molecule has 74 heavy (non-hydrogen) atoms. The van der Waals surface area contributed by atoms with Gasteiger partial charge < -0.3 is 41.9 Å². The number of nitrogens with two attached hydrogens (primary N) is 1. The standard InChI is InChI=1S/C9H7NO2.C8H5NO2.C5H10F3NO.C4H8F3NO.C4H6F3NO.C2H6BNO.C2HBO2.C2H7N.CH5N.CH4O.2FH.2HOP/c1-10-8(11)6-4-2-3-5-7(6)9(10)12;10-7-5-3-1-2-4-6(5)8(11)9-7;1-9(2)3-4(10)5(6,7)8;2*1-8-2-3(9)4(5,6)7;1-4-3-5-2;4-2-1-3-5;1-3-2;2*1-2;;;2*1-2/h2-5H,1H3;1-4H,(H,9,10,11);4,10H,3H2,1-2H3;3,8-9H,2H2,1H3;8H,2H2,1H3;1-2H3;4H;3H,1-2H3;2H2,1H3;2H,1H3;2*1H;2*2H/i/hT2. The first-order valence-electron chi connectivity index (χ1n) is 19.7. The second kappa shape index (κ2) is 56.7. The van der Waals surface area contributed by atoms with Gasteiger partial charge in [0, 0.05) is 27.2 Å². The first kappa shape index (κ1) is 85.2. The summed E-state index contributed by atoms with van der Waals surface area (Å²) in [7, 11) is 21.7. The number of aliphatic hydroxyl groups excluding tert-OH is 4. The molecule has 2 heterocycles. The van der Waals surface area contributed by atoms with Crippen LogP contribution in [0.5, 0.6) is 0 Å². The molecular formula is C38H63B2F11N8O13P2. The maximum Gasteiger partial charge on any atom is 0.269 e. The van der Waals surface area contributed by atoms with E-state index in [0.29, 0.717) is 29.4 Å². The van der Waals surface area contributed by atoms with E-state index in [0.717, 1.165) is 12.0 Å². The van der Waals surface area contributed by atoms with E-state index in [2.05, 4.69) is 39.5 Å². The number of ketones is 1. The van der Waals surface area contributed by atoms with Crippen molar-refractivity contribution in [1.82, 2.24) is 31.1 Å². The molecule has 0 saturated carbocycles. The molecule has 0 spiro atoms. The number of rotatable bonds is 7. The number of Topliss-reactive ketones (excluding diaryl/α,β-unsaturated/α-hetero) is 1. The van der Waals surface area contributed by atoms with Crippen molar-refractivity contribution in [3.05, 3.63) is 70.8 Å². The minimum absolute atomic E-state index is 0.212. The summed E-state index contributed by atoms with van der Waals surface area (Å²) in [4.78, 5) is 60.3. The van der Waals surface area contributed by atoms with Gasteiger partial charge in [0.25, 0.3) is 26.5 Å². The first-order valence-corrected chi connectivity index (χ1v) is 19.8. The van der Waals surface area contributed by atoms with Gasteiger partial charge >= 0.3 is 78.4 Å². The number of carbonyl (C=O) groups is 5. The maximum absolute atomic E-state index is 11.5. The van der Waals surface area contributed by atoms with Crippen molar-refractivity contribution in [1.29, 1.82) is 2.90 Å². The van der Waals surface area contributed by atoms with E-state index in [9.17, 15) is 63.5 Å². The van der Waals surface area contributed by atoms with Gasteiger partial charge in [-0.15, -0.1) is 0 Å². The van der Waals surface area contributed by atoms with Crippen molar-refractivity contribution < 1.29 is 112 Å². The number of hydrogen-bond acceptors (Lipinski definition) is 19. The number of likely N-dealkylation sites (N-methyl/N-ethyl adjacent to an activating group) is 3. The van der Waals surface area contributed by atoms with E-state index in [4.69, 9.17) is 43.7 Å². The minimum atomic E-state index is -4.69. The predicted octanol–water partition coefficient (Wildman–Crippen LogP) is 2.09. The maximum atomic E-state index is 11.5. The molecule has 4 rings (SSSR count). The Morgan fingerprint density at radius 1 is 0.811 bits per heavy atom. The third-order valence-electron chi connectivity index (χ3n) is 6.32. The summed E-state index contributed by atoms with van der Waals surface area (Å²) >= 11 is 0. The molecule has 2 aromatic rings. The van der Waals surface area contributed by atoms with Crippen LogP contribution in [-0.2, 0) is 23.3 Å². The van der Waals surface area contributed by atoms with Crippen molar-refractivity contribution in [3.63, 3.8) is 0 Å². The van der Waals surface area contributed by atoms with Crippen LogP contribution in [0.1, 0.15) is 41.4 Å². The van der Waals surface area contributed by atoms with E-state index in [1.54, 1.807) is 86.7 Å². The van der Waals surface area contributed by atoms with E-state index < -0.39 is 49.6 Å². The van der Waals surface area contributed by atoms with Crippen LogP contribution in [-0.4, -0.2) is 205 Å². The van der Waals surface area contributed by atoms with Gasteiger partial charge in [0.15, 0.2) is 12.2 Å². The summed E-state index contributed by atoms with van der Waals surface area (Å²) in [5.74, 6) is -1.03. The third-order valence-corrected chi connectivity index (χ3v) is 6.32. The summed E-state index contributed by atoms with van der Waals surface area (Å²) in [6, 6.07) is 13.6. The first-order chi connectivity index (χ1) is 35.5. The Morgan fingerprint density at radius 2 is 1.15 bits per heavy atom. The molecule has 21 nitrogen and oxygen atoms in total. The zero-order chi connectivity index (χ0) is 62.9. The van der Waals surface area contributed by atoms with Gasteiger partial charge in [-0.05, 0) is 73.6 Å². The summed E-state index contributed by atoms with van der Waals surface area (Å²) in [6.07, 6.45) is -16.8. The van der Waals surface area contributed by atoms with Crippen LogP contribution in [0.2, 0.25) is 0 Å². The molecule has 36 heteroatoms. The Hall–Kier alpha value is -5.61. The minimum Gasteiger partial charge on any atom is -0.288 e. The van der Waals surface area contributed by atoms with Crippen LogP contribution in [0.4, 0.5) is 48.9 Å². The number of benzene rings is 2. The molecule has 4 amide bonds. The largest absolute Gasteiger partial charge is 0.288 e. The average Bonchev–Trinajstić information content (AvgIpc) is 3.81. The van der Waals surface area contributed by atoms with E-state index in [-0.39, 0.29) is 30.2 Å². The molecule has 0 saturated heterocycles. The van der Waals surface area contributed by atoms with E-state index in [1.807, 2.05) is 14.1 Å². The number of nitrogens with zero attached hydrogens (tertiary/aromatic N) is 3. The molecule has 2 aliphatic heterocycles. The number of hydrogen-bond donors (Lipinski definition) is 9. The monoisotopic (exact) mass is 1140 g/mol. The van der Waals surface area contributed by atoms with Gasteiger partial charge in [-0.1, -0.05) is 24.3 Å². The number of nitrogens with one attached hydrogen (secondary N) is 4. The van der Waals surface area contributed by atoms with Crippen molar-refractivity contribution in [2.45, 2.75) is 30.7 Å². The van der Waals surface area contributed by atoms with Crippen LogP contribution in [0.25, 0.3) is 0 Å². The number of imide groups is 2. The van der Waals surface area contributed by atoms with Crippen molar-refractivity contribution in [2.75, 3.05) is 97.3 Å². The van der Waals surface area contributed by atoms with Gasteiger partial charge in [0.05, 0.1) is 28.8 Å². The van der Waals surface area contributed by atoms with Crippen LogP contribution >= 0.6 is 18.2 Å². The van der Waals surface area contributed by atoms with E-state index in [1.165, 1.54) is 60.6 Å². The van der Waals surface area contributed by atoms with Gasteiger partial charge in [0.1, 0.15) is 18.2 Å². The van der Waals surface area contributed by atoms with Crippen LogP contribution in [0.3, 0.4) is 0 Å².